The number of hydrogen-bond acceptors (Lipinski definition) is 14. The van der Waals surface area contributed by atoms with Crippen molar-refractivity contribution in [2.75, 3.05) is 33.0 Å². The number of rotatable bonds is 46. The summed E-state index contributed by atoms with van der Waals surface area (Å²) in [6, 6.07) is 0. The number of hydrogen-bond donors (Lipinski definition) is 7. The highest BCUT2D eigenvalue weighted by molar-refractivity contribution is 5.69. The summed E-state index contributed by atoms with van der Waals surface area (Å²) in [5, 5.41) is 72.4. The van der Waals surface area contributed by atoms with Gasteiger partial charge in [0.2, 0.25) is 0 Å². The Kier molecular flexibility index (Phi) is 45.0. The van der Waals surface area contributed by atoms with Gasteiger partial charge in [-0.25, -0.2) is 0 Å². The first-order valence-electron chi connectivity index (χ1n) is 29.8. The van der Waals surface area contributed by atoms with Crippen LogP contribution in [0.15, 0.2) is 134 Å². The summed E-state index contributed by atoms with van der Waals surface area (Å²) in [5.41, 5.74) is 0. The van der Waals surface area contributed by atoms with Crippen LogP contribution < -0.4 is 0 Å². The second kappa shape index (κ2) is 49.9. The molecule has 2 heterocycles. The molecule has 0 spiro atoms. The summed E-state index contributed by atoms with van der Waals surface area (Å²) in [7, 11) is 0. The molecule has 79 heavy (non-hydrogen) atoms. The van der Waals surface area contributed by atoms with E-state index >= 15 is 0 Å². The number of ether oxygens (including phenoxy) is 6. The van der Waals surface area contributed by atoms with Crippen molar-refractivity contribution in [3.05, 3.63) is 134 Å². The lowest BCUT2D eigenvalue weighted by molar-refractivity contribution is -0.332. The quantitative estimate of drug-likeness (QED) is 0.0172. The van der Waals surface area contributed by atoms with E-state index < -0.39 is 86.7 Å². The average molecular weight is 1110 g/mol. The molecule has 0 bridgehead atoms. The van der Waals surface area contributed by atoms with Gasteiger partial charge in [-0.2, -0.15) is 0 Å². The predicted octanol–water partition coefficient (Wildman–Crippen LogP) is 11.1. The molecule has 0 aliphatic carbocycles. The van der Waals surface area contributed by atoms with Crippen LogP contribution in [0.1, 0.15) is 168 Å². The molecule has 2 rings (SSSR count). The van der Waals surface area contributed by atoms with Gasteiger partial charge in [0.15, 0.2) is 12.6 Å². The Hall–Kier alpha value is -3.87. The summed E-state index contributed by atoms with van der Waals surface area (Å²) < 4.78 is 34.4. The van der Waals surface area contributed by atoms with E-state index in [0.717, 1.165) is 141 Å². The van der Waals surface area contributed by atoms with Gasteiger partial charge in [0.05, 0.1) is 26.4 Å². The maximum atomic E-state index is 13.1. The second-order valence-corrected chi connectivity index (χ2v) is 20.1. The van der Waals surface area contributed by atoms with Crippen LogP contribution in [0.5, 0.6) is 0 Å². The van der Waals surface area contributed by atoms with Crippen LogP contribution in [0.4, 0.5) is 0 Å². The van der Waals surface area contributed by atoms with E-state index in [1.54, 1.807) is 0 Å². The van der Waals surface area contributed by atoms with Gasteiger partial charge >= 0.3 is 5.97 Å². The van der Waals surface area contributed by atoms with E-state index in [4.69, 9.17) is 28.4 Å². The molecule has 7 N–H and O–H groups in total. The minimum Gasteiger partial charge on any atom is -0.457 e. The molecule has 0 saturated carbocycles. The number of allylic oxidation sites excluding steroid dienone is 22. The summed E-state index contributed by atoms with van der Waals surface area (Å²) >= 11 is 0. The van der Waals surface area contributed by atoms with Crippen LogP contribution in [0.25, 0.3) is 0 Å². The molecule has 2 saturated heterocycles. The van der Waals surface area contributed by atoms with E-state index in [1.165, 1.54) is 0 Å². The SMILES string of the molecule is CC/C=C\C/C=C\C/C=C\C/C=C\C/C=C\C/C=C\CCCCCCCOCC(COC1OC(COC2OC(CO)C(O)C(O)C2O)C(O)C(O)C1O)OC(=O)CCCCCCC/C=C\C/C=C\C/C=C\C/C=C\C/C=C\CC. The van der Waals surface area contributed by atoms with Crippen LogP contribution in [0, 0.1) is 0 Å². The summed E-state index contributed by atoms with van der Waals surface area (Å²) in [4.78, 5) is 13.1. The molecular formula is C65H104O14. The molecule has 14 nitrogen and oxygen atoms in total. The molecule has 2 fully saturated rings. The van der Waals surface area contributed by atoms with Crippen molar-refractivity contribution >= 4 is 5.97 Å². The third-order valence-electron chi connectivity index (χ3n) is 13.2. The van der Waals surface area contributed by atoms with E-state index in [2.05, 4.69) is 148 Å². The Morgan fingerprint density at radius 1 is 0.418 bits per heavy atom. The highest BCUT2D eigenvalue weighted by Crippen LogP contribution is 2.26. The zero-order valence-corrected chi connectivity index (χ0v) is 48.0. The molecule has 11 unspecified atom stereocenters. The summed E-state index contributed by atoms with van der Waals surface area (Å²) in [6.07, 6.45) is 55.0. The molecule has 2 aliphatic heterocycles. The third-order valence-corrected chi connectivity index (χ3v) is 13.2. The number of carbonyl (C=O) groups is 1. The van der Waals surface area contributed by atoms with Crippen molar-refractivity contribution in [1.29, 1.82) is 0 Å². The first kappa shape index (κ1) is 71.2. The molecule has 0 radical (unpaired) electrons. The van der Waals surface area contributed by atoms with Gasteiger partial charge in [0.1, 0.15) is 54.9 Å². The smallest absolute Gasteiger partial charge is 0.306 e. The largest absolute Gasteiger partial charge is 0.457 e. The summed E-state index contributed by atoms with van der Waals surface area (Å²) in [6.45, 7) is 3.36. The first-order chi connectivity index (χ1) is 38.6. The second-order valence-electron chi connectivity index (χ2n) is 20.1. The number of unbranched alkanes of at least 4 members (excludes halogenated alkanes) is 10. The van der Waals surface area contributed by atoms with E-state index in [-0.39, 0.29) is 19.6 Å². The monoisotopic (exact) mass is 1110 g/mol. The van der Waals surface area contributed by atoms with Gasteiger partial charge in [-0.1, -0.05) is 186 Å². The molecule has 448 valence electrons. The van der Waals surface area contributed by atoms with Crippen LogP contribution >= 0.6 is 0 Å². The lowest BCUT2D eigenvalue weighted by Gasteiger charge is -2.42. The number of aliphatic hydroxyl groups is 7. The predicted molar refractivity (Wildman–Crippen MR) is 316 cm³/mol. The van der Waals surface area contributed by atoms with E-state index in [1.807, 2.05) is 0 Å². The number of esters is 1. The van der Waals surface area contributed by atoms with Crippen LogP contribution in [-0.4, -0.2) is 142 Å². The van der Waals surface area contributed by atoms with Gasteiger partial charge in [0.25, 0.3) is 0 Å². The van der Waals surface area contributed by atoms with E-state index in [9.17, 15) is 40.5 Å². The molecule has 0 amide bonds. The molecule has 0 aromatic rings. The van der Waals surface area contributed by atoms with Crippen LogP contribution in [0.2, 0.25) is 0 Å². The van der Waals surface area contributed by atoms with Crippen molar-refractivity contribution in [3.63, 3.8) is 0 Å². The average Bonchev–Trinajstić information content (AvgIpc) is 3.46. The highest BCUT2D eigenvalue weighted by atomic mass is 16.7. The third kappa shape index (κ3) is 36.3. The molecule has 2 aliphatic rings. The van der Waals surface area contributed by atoms with Crippen LogP contribution in [0.3, 0.4) is 0 Å². The fourth-order valence-electron chi connectivity index (χ4n) is 8.43. The Morgan fingerprint density at radius 2 is 0.785 bits per heavy atom. The molecule has 0 aromatic heterocycles. The van der Waals surface area contributed by atoms with Gasteiger partial charge in [0, 0.05) is 13.0 Å². The molecule has 0 aromatic carbocycles. The molecule has 11 atom stereocenters. The number of carbonyl (C=O) groups excluding carboxylic acids is 1. The normalized spacial score (nSPS) is 25.0. The van der Waals surface area contributed by atoms with Crippen molar-refractivity contribution in [2.24, 2.45) is 0 Å². The minimum atomic E-state index is -1.72. The standard InChI is InChI=1S/C65H104O14/c1-3-5-7-9-11-13-15-17-19-21-23-25-26-27-29-31-33-35-37-39-41-43-45-47-49-74-51-54(52-75-64-63(73)61(71)59(69)56(79-64)53-76-65-62(72)60(70)58(68)55(50-66)78-65)77-57(67)48-46-44-42-40-38-36-34-32-30-28-24-22-20-18-16-14-12-10-8-6-4-2/h5-8,11-14,17-20,23-25,27-29,32-35,54-56,58-66,68-73H,3-4,9-10,15-16,21-22,26,30-31,36-53H2,1-2H3/b7-5-,8-6-,13-11-,14-12-,19-17-,20-18-,25-23-,28-24-,29-27-,34-32-,35-33-. The maximum Gasteiger partial charge on any atom is 0.306 e. The zero-order valence-electron chi connectivity index (χ0n) is 48.0. The fraction of sp³-hybridized carbons (Fsp3) is 0.646. The molecule has 14 heteroatoms. The Morgan fingerprint density at radius 3 is 1.23 bits per heavy atom. The zero-order chi connectivity index (χ0) is 57.2. The van der Waals surface area contributed by atoms with Gasteiger partial charge < -0.3 is 64.2 Å². The van der Waals surface area contributed by atoms with Crippen molar-refractivity contribution in [2.45, 2.75) is 235 Å². The van der Waals surface area contributed by atoms with Crippen molar-refractivity contribution in [1.82, 2.24) is 0 Å². The summed E-state index contributed by atoms with van der Waals surface area (Å²) in [5.74, 6) is -0.408. The maximum absolute atomic E-state index is 13.1. The lowest BCUT2D eigenvalue weighted by atomic mass is 9.98. The highest BCUT2D eigenvalue weighted by Gasteiger charge is 2.47. The Labute approximate surface area is 475 Å². The van der Waals surface area contributed by atoms with Crippen molar-refractivity contribution in [3.8, 4) is 0 Å². The van der Waals surface area contributed by atoms with Gasteiger partial charge in [-0.15, -0.1) is 0 Å². The van der Waals surface area contributed by atoms with E-state index in [0.29, 0.717) is 13.0 Å². The minimum absolute atomic E-state index is 0.0296. The fourth-order valence-corrected chi connectivity index (χ4v) is 8.43. The lowest BCUT2D eigenvalue weighted by Crippen LogP contribution is -2.61. The van der Waals surface area contributed by atoms with Crippen LogP contribution in [-0.2, 0) is 33.2 Å². The van der Waals surface area contributed by atoms with Gasteiger partial charge in [-0.3, -0.25) is 4.79 Å². The molecular weight excluding hydrogens is 1000 g/mol. The number of aliphatic hydroxyl groups excluding tert-OH is 7. The first-order valence-corrected chi connectivity index (χ1v) is 29.8. The Balaban J connectivity index is 1.74. The van der Waals surface area contributed by atoms with Gasteiger partial charge in [-0.05, 0) is 109 Å². The topological polar surface area (TPSA) is 214 Å². The Bertz CT molecular complexity index is 1810. The van der Waals surface area contributed by atoms with Crippen molar-refractivity contribution < 1.29 is 69.0 Å².